The van der Waals surface area contributed by atoms with Gasteiger partial charge in [0.2, 0.25) is 0 Å². The van der Waals surface area contributed by atoms with Crippen LogP contribution in [0.2, 0.25) is 0 Å². The van der Waals surface area contributed by atoms with Crippen molar-refractivity contribution >= 4 is 21.6 Å². The number of benzene rings is 1. The van der Waals surface area contributed by atoms with Gasteiger partial charge in [-0.05, 0) is 49.9 Å². The second-order valence-electron chi connectivity index (χ2n) is 4.50. The van der Waals surface area contributed by atoms with Crippen LogP contribution in [0, 0.1) is 13.8 Å². The second kappa shape index (κ2) is 4.14. The molecule has 3 heteroatoms. The molecule has 1 aromatic carbocycles. The van der Waals surface area contributed by atoms with Crippen LogP contribution in [0.15, 0.2) is 16.6 Å². The minimum Gasteiger partial charge on any atom is -0.382 e. The molecule has 0 radical (unpaired) electrons. The third-order valence-electron chi connectivity index (χ3n) is 2.98. The first-order valence-electron chi connectivity index (χ1n) is 5.35. The Morgan fingerprint density at radius 1 is 1.27 bits per heavy atom. The van der Waals surface area contributed by atoms with E-state index in [1.54, 1.807) is 0 Å². The predicted molar refractivity (Wildman–Crippen MR) is 68.2 cm³/mol. The summed E-state index contributed by atoms with van der Waals surface area (Å²) in [7, 11) is 0. The lowest BCUT2D eigenvalue weighted by molar-refractivity contribution is 0.373. The first-order chi connectivity index (χ1) is 7.06. The van der Waals surface area contributed by atoms with Gasteiger partial charge in [-0.2, -0.15) is 0 Å². The Hall–Kier alpha value is -0.540. The lowest BCUT2D eigenvalue weighted by Gasteiger charge is -2.34. The first kappa shape index (κ1) is 11.0. The van der Waals surface area contributed by atoms with Crippen molar-refractivity contribution in [1.29, 1.82) is 0 Å². The third-order valence-corrected chi connectivity index (χ3v) is 4.23. The summed E-state index contributed by atoms with van der Waals surface area (Å²) in [4.78, 5) is 0. The summed E-state index contributed by atoms with van der Waals surface area (Å²) in [6.07, 6.45) is 2.18. The van der Waals surface area contributed by atoms with Crippen molar-refractivity contribution in [2.24, 2.45) is 5.73 Å². The summed E-state index contributed by atoms with van der Waals surface area (Å²) in [6.45, 7) is 4.24. The molecule has 1 aliphatic carbocycles. The topological polar surface area (TPSA) is 38.0 Å². The van der Waals surface area contributed by atoms with E-state index in [9.17, 15) is 0 Å². The number of aryl methyl sites for hydroxylation is 2. The number of nitrogens with one attached hydrogen (secondary N) is 1. The average Bonchev–Trinajstić information content (AvgIpc) is 2.11. The number of hydrogen-bond acceptors (Lipinski definition) is 2. The molecule has 1 aromatic rings. The van der Waals surface area contributed by atoms with E-state index >= 15 is 0 Å². The lowest BCUT2D eigenvalue weighted by atomic mass is 9.87. The van der Waals surface area contributed by atoms with Gasteiger partial charge in [-0.25, -0.2) is 0 Å². The fourth-order valence-corrected chi connectivity index (χ4v) is 2.27. The van der Waals surface area contributed by atoms with Crippen molar-refractivity contribution in [1.82, 2.24) is 0 Å². The molecule has 2 nitrogen and oxygen atoms in total. The molecule has 0 unspecified atom stereocenters. The van der Waals surface area contributed by atoms with Crippen LogP contribution in [0.4, 0.5) is 5.69 Å². The fourth-order valence-electron chi connectivity index (χ4n) is 2.04. The average molecular weight is 269 g/mol. The van der Waals surface area contributed by atoms with E-state index < -0.39 is 0 Å². The van der Waals surface area contributed by atoms with Crippen LogP contribution in [-0.2, 0) is 0 Å². The molecule has 0 amide bonds. The van der Waals surface area contributed by atoms with Crippen molar-refractivity contribution in [2.75, 3.05) is 5.32 Å². The molecule has 0 spiro atoms. The minimum absolute atomic E-state index is 0.403. The van der Waals surface area contributed by atoms with Crippen LogP contribution < -0.4 is 11.1 Å². The molecule has 2 rings (SSSR count). The first-order valence-corrected chi connectivity index (χ1v) is 6.14. The van der Waals surface area contributed by atoms with Crippen molar-refractivity contribution < 1.29 is 0 Å². The highest BCUT2D eigenvalue weighted by molar-refractivity contribution is 9.10. The van der Waals surface area contributed by atoms with Gasteiger partial charge in [-0.3, -0.25) is 0 Å². The van der Waals surface area contributed by atoms with E-state index in [2.05, 4.69) is 47.2 Å². The van der Waals surface area contributed by atoms with Gasteiger partial charge < -0.3 is 11.1 Å². The van der Waals surface area contributed by atoms with Crippen LogP contribution in [0.3, 0.4) is 0 Å². The van der Waals surface area contributed by atoms with Gasteiger partial charge in [-0.1, -0.05) is 15.9 Å². The molecular formula is C12H17BrN2. The van der Waals surface area contributed by atoms with E-state index in [0.717, 1.165) is 12.8 Å². The summed E-state index contributed by atoms with van der Waals surface area (Å²) < 4.78 is 1.21. The maximum absolute atomic E-state index is 5.76. The number of rotatable bonds is 2. The fraction of sp³-hybridized carbons (Fsp3) is 0.500. The Balaban J connectivity index is 2.09. The molecule has 3 N–H and O–H groups in total. The molecule has 0 atom stereocenters. The highest BCUT2D eigenvalue weighted by atomic mass is 79.9. The molecule has 1 saturated carbocycles. The summed E-state index contributed by atoms with van der Waals surface area (Å²) in [5.74, 6) is 0. The predicted octanol–water partition coefficient (Wildman–Crippen LogP) is 2.97. The quantitative estimate of drug-likeness (QED) is 0.866. The maximum Gasteiger partial charge on any atom is 0.0348 e. The molecule has 0 heterocycles. The monoisotopic (exact) mass is 268 g/mol. The Morgan fingerprint density at radius 3 is 2.27 bits per heavy atom. The zero-order chi connectivity index (χ0) is 11.0. The van der Waals surface area contributed by atoms with Crippen molar-refractivity contribution in [3.8, 4) is 0 Å². The van der Waals surface area contributed by atoms with Gasteiger partial charge in [-0.15, -0.1) is 0 Å². The minimum atomic E-state index is 0.403. The lowest BCUT2D eigenvalue weighted by Crippen LogP contribution is -2.44. The van der Waals surface area contributed by atoms with Crippen molar-refractivity contribution in [2.45, 2.75) is 38.8 Å². The van der Waals surface area contributed by atoms with E-state index in [1.165, 1.54) is 21.3 Å². The number of hydrogen-bond donors (Lipinski definition) is 2. The van der Waals surface area contributed by atoms with E-state index in [0.29, 0.717) is 12.1 Å². The zero-order valence-corrected chi connectivity index (χ0v) is 10.8. The van der Waals surface area contributed by atoms with Crippen LogP contribution in [0.5, 0.6) is 0 Å². The second-order valence-corrected chi connectivity index (χ2v) is 5.29. The molecule has 1 aliphatic rings. The normalized spacial score (nSPS) is 24.8. The molecule has 0 aliphatic heterocycles. The highest BCUT2D eigenvalue weighted by Crippen LogP contribution is 2.28. The Bertz CT molecular complexity index is 347. The highest BCUT2D eigenvalue weighted by Gasteiger charge is 2.25. The molecule has 15 heavy (non-hydrogen) atoms. The zero-order valence-electron chi connectivity index (χ0n) is 9.18. The Morgan fingerprint density at radius 2 is 1.80 bits per heavy atom. The third kappa shape index (κ3) is 2.34. The molecular weight excluding hydrogens is 252 g/mol. The molecule has 1 fully saturated rings. The SMILES string of the molecule is Cc1cc(NC2CC(N)C2)cc(C)c1Br. The molecule has 0 aromatic heterocycles. The summed E-state index contributed by atoms with van der Waals surface area (Å²) in [6, 6.07) is 5.34. The maximum atomic E-state index is 5.76. The number of anilines is 1. The number of halogens is 1. The molecule has 82 valence electrons. The summed E-state index contributed by atoms with van der Waals surface area (Å²) >= 11 is 3.57. The smallest absolute Gasteiger partial charge is 0.0348 e. The van der Waals surface area contributed by atoms with E-state index in [1.807, 2.05) is 0 Å². The van der Waals surface area contributed by atoms with Gasteiger partial charge in [0.1, 0.15) is 0 Å². The largest absolute Gasteiger partial charge is 0.382 e. The van der Waals surface area contributed by atoms with E-state index in [-0.39, 0.29) is 0 Å². The Kier molecular flexibility index (Phi) is 3.03. The van der Waals surface area contributed by atoms with Crippen LogP contribution in [0.25, 0.3) is 0 Å². The van der Waals surface area contributed by atoms with Gasteiger partial charge in [0.05, 0.1) is 0 Å². The van der Waals surface area contributed by atoms with Gasteiger partial charge in [0.15, 0.2) is 0 Å². The molecule has 0 saturated heterocycles. The summed E-state index contributed by atoms with van der Waals surface area (Å²) in [5.41, 5.74) is 9.53. The van der Waals surface area contributed by atoms with Crippen molar-refractivity contribution in [3.05, 3.63) is 27.7 Å². The van der Waals surface area contributed by atoms with E-state index in [4.69, 9.17) is 5.73 Å². The van der Waals surface area contributed by atoms with Gasteiger partial charge >= 0.3 is 0 Å². The number of nitrogens with two attached hydrogens (primary N) is 1. The standard InChI is InChI=1S/C12H17BrN2/c1-7-3-10(4-8(2)12(7)13)15-11-5-9(14)6-11/h3-4,9,11,15H,5-6,14H2,1-2H3. The Labute approximate surface area is 99.4 Å². The molecule has 0 bridgehead atoms. The van der Waals surface area contributed by atoms with Crippen LogP contribution in [0.1, 0.15) is 24.0 Å². The summed E-state index contributed by atoms with van der Waals surface area (Å²) in [5, 5.41) is 3.52. The van der Waals surface area contributed by atoms with Gasteiger partial charge in [0, 0.05) is 22.2 Å². The van der Waals surface area contributed by atoms with Gasteiger partial charge in [0.25, 0.3) is 0 Å². The van der Waals surface area contributed by atoms with Crippen LogP contribution >= 0.6 is 15.9 Å². The van der Waals surface area contributed by atoms with Crippen LogP contribution in [-0.4, -0.2) is 12.1 Å². The van der Waals surface area contributed by atoms with Crippen molar-refractivity contribution in [3.63, 3.8) is 0 Å².